The predicted octanol–water partition coefficient (Wildman–Crippen LogP) is 3.97. The van der Waals surface area contributed by atoms with Crippen molar-refractivity contribution < 1.29 is 13.2 Å². The van der Waals surface area contributed by atoms with Crippen LogP contribution < -0.4 is 5.32 Å². The molecule has 1 amide bonds. The number of anilines is 1. The number of fused-ring (bicyclic) bond motifs is 1. The number of carbonyl (C=O) groups excluding carboxylic acids is 1. The normalized spacial score (nSPS) is 11.8. The second-order valence-electron chi connectivity index (χ2n) is 6.15. The molecule has 0 unspecified atom stereocenters. The molecule has 142 valence electrons. The van der Waals surface area contributed by atoms with Gasteiger partial charge >= 0.3 is 0 Å². The molecule has 27 heavy (non-hydrogen) atoms. The Labute approximate surface area is 162 Å². The molecule has 0 spiro atoms. The number of nitrogens with one attached hydrogen (secondary N) is 1. The molecule has 1 aromatic heterocycles. The molecule has 0 aliphatic carbocycles. The highest BCUT2D eigenvalue weighted by Gasteiger charge is 2.20. The second kappa shape index (κ2) is 8.16. The van der Waals surface area contributed by atoms with Crippen LogP contribution in [0.25, 0.3) is 10.2 Å². The quantitative estimate of drug-likeness (QED) is 0.647. The summed E-state index contributed by atoms with van der Waals surface area (Å²) in [6.45, 7) is 2.48. The average molecular weight is 404 g/mol. The largest absolute Gasteiger partial charge is 0.298 e. The van der Waals surface area contributed by atoms with Crippen molar-refractivity contribution in [2.24, 2.45) is 0 Å². The molecule has 1 N–H and O–H groups in total. The third-order valence-electron chi connectivity index (χ3n) is 4.17. The van der Waals surface area contributed by atoms with Crippen LogP contribution in [-0.4, -0.2) is 37.2 Å². The Kier molecular flexibility index (Phi) is 5.88. The zero-order valence-electron chi connectivity index (χ0n) is 15.2. The number of nitrogens with zero attached hydrogens (tertiary/aromatic N) is 2. The van der Waals surface area contributed by atoms with Crippen LogP contribution in [0.15, 0.2) is 53.4 Å². The molecule has 0 bridgehead atoms. The Morgan fingerprint density at radius 3 is 2.52 bits per heavy atom. The van der Waals surface area contributed by atoms with Gasteiger partial charge in [-0.15, -0.1) is 0 Å². The molecule has 3 aromatic rings. The summed E-state index contributed by atoms with van der Waals surface area (Å²) >= 11 is 1.39. The Bertz CT molecular complexity index is 1010. The minimum Gasteiger partial charge on any atom is -0.298 e. The first-order valence-corrected chi connectivity index (χ1v) is 10.9. The SMILES string of the molecule is CCCCN(C)S(=O)(=O)c1ccc(C(=O)Nc2nc3ccccc3s2)cc1. The molecule has 3 rings (SSSR count). The Morgan fingerprint density at radius 1 is 1.15 bits per heavy atom. The van der Waals surface area contributed by atoms with Crippen LogP contribution in [0.3, 0.4) is 0 Å². The highest BCUT2D eigenvalue weighted by molar-refractivity contribution is 7.89. The average Bonchev–Trinajstić information content (AvgIpc) is 3.08. The van der Waals surface area contributed by atoms with Crippen molar-refractivity contribution in [2.45, 2.75) is 24.7 Å². The summed E-state index contributed by atoms with van der Waals surface area (Å²) in [7, 11) is -1.97. The van der Waals surface area contributed by atoms with E-state index in [1.165, 1.54) is 39.9 Å². The lowest BCUT2D eigenvalue weighted by atomic mass is 10.2. The number of thiazole rings is 1. The molecule has 2 aromatic carbocycles. The van der Waals surface area contributed by atoms with Crippen LogP contribution in [0.2, 0.25) is 0 Å². The van der Waals surface area contributed by atoms with E-state index < -0.39 is 10.0 Å². The molecule has 0 aliphatic heterocycles. The summed E-state index contributed by atoms with van der Waals surface area (Å²) in [5, 5.41) is 3.28. The minimum absolute atomic E-state index is 0.178. The number of unbranched alkanes of at least 4 members (excludes halogenated alkanes) is 1. The Morgan fingerprint density at radius 2 is 1.85 bits per heavy atom. The molecular weight excluding hydrogens is 382 g/mol. The van der Waals surface area contributed by atoms with E-state index in [2.05, 4.69) is 10.3 Å². The molecule has 0 saturated heterocycles. The topological polar surface area (TPSA) is 79.4 Å². The summed E-state index contributed by atoms with van der Waals surface area (Å²) < 4.78 is 27.4. The van der Waals surface area contributed by atoms with Crippen LogP contribution in [0.5, 0.6) is 0 Å². The monoisotopic (exact) mass is 403 g/mol. The van der Waals surface area contributed by atoms with Gasteiger partial charge in [-0.05, 0) is 42.8 Å². The predicted molar refractivity (Wildman–Crippen MR) is 109 cm³/mol. The van der Waals surface area contributed by atoms with Crippen LogP contribution >= 0.6 is 11.3 Å². The number of hydrogen-bond acceptors (Lipinski definition) is 5. The standard InChI is InChI=1S/C19H21N3O3S2/c1-3-4-13-22(2)27(24,25)15-11-9-14(10-12-15)18(23)21-19-20-16-7-5-6-8-17(16)26-19/h5-12H,3-4,13H2,1-2H3,(H,20,21,23). The Balaban J connectivity index is 1.73. The van der Waals surface area contributed by atoms with E-state index in [1.54, 1.807) is 7.05 Å². The highest BCUT2D eigenvalue weighted by atomic mass is 32.2. The van der Waals surface area contributed by atoms with E-state index in [1.807, 2.05) is 31.2 Å². The smallest absolute Gasteiger partial charge is 0.257 e. The number of sulfonamides is 1. The van der Waals surface area contributed by atoms with Crippen molar-refractivity contribution in [3.63, 3.8) is 0 Å². The van der Waals surface area contributed by atoms with Gasteiger partial charge in [0.05, 0.1) is 15.1 Å². The Hall–Kier alpha value is -2.29. The van der Waals surface area contributed by atoms with Crippen LogP contribution in [-0.2, 0) is 10.0 Å². The number of rotatable bonds is 7. The van der Waals surface area contributed by atoms with Crippen LogP contribution in [0, 0.1) is 0 Å². The summed E-state index contributed by atoms with van der Waals surface area (Å²) in [6, 6.07) is 13.6. The van der Waals surface area contributed by atoms with E-state index in [-0.39, 0.29) is 10.8 Å². The van der Waals surface area contributed by atoms with E-state index >= 15 is 0 Å². The van der Waals surface area contributed by atoms with Crippen molar-refractivity contribution in [1.82, 2.24) is 9.29 Å². The van der Waals surface area contributed by atoms with Gasteiger partial charge in [0, 0.05) is 19.2 Å². The lowest BCUT2D eigenvalue weighted by Crippen LogP contribution is -2.28. The van der Waals surface area contributed by atoms with Crippen molar-refractivity contribution in [3.05, 3.63) is 54.1 Å². The number of benzene rings is 2. The first-order chi connectivity index (χ1) is 12.9. The van der Waals surface area contributed by atoms with Gasteiger partial charge in [-0.1, -0.05) is 36.8 Å². The zero-order valence-corrected chi connectivity index (χ0v) is 16.8. The third-order valence-corrected chi connectivity index (χ3v) is 6.99. The maximum Gasteiger partial charge on any atom is 0.257 e. The van der Waals surface area contributed by atoms with Gasteiger partial charge in [-0.3, -0.25) is 10.1 Å². The van der Waals surface area contributed by atoms with Gasteiger partial charge in [0.25, 0.3) is 5.91 Å². The maximum absolute atomic E-state index is 12.5. The van der Waals surface area contributed by atoms with Crippen molar-refractivity contribution in [2.75, 3.05) is 18.9 Å². The fourth-order valence-corrected chi connectivity index (χ4v) is 4.62. The van der Waals surface area contributed by atoms with Gasteiger partial charge in [0.2, 0.25) is 10.0 Å². The van der Waals surface area contributed by atoms with E-state index in [0.717, 1.165) is 23.1 Å². The van der Waals surface area contributed by atoms with Gasteiger partial charge in [0.1, 0.15) is 0 Å². The molecule has 1 heterocycles. The van der Waals surface area contributed by atoms with Crippen LogP contribution in [0.1, 0.15) is 30.1 Å². The number of hydrogen-bond donors (Lipinski definition) is 1. The lowest BCUT2D eigenvalue weighted by Gasteiger charge is -2.16. The highest BCUT2D eigenvalue weighted by Crippen LogP contribution is 2.26. The number of para-hydroxylation sites is 1. The molecule has 0 fully saturated rings. The molecule has 8 heteroatoms. The number of carbonyl (C=O) groups is 1. The third kappa shape index (κ3) is 4.35. The van der Waals surface area contributed by atoms with Gasteiger partial charge in [0.15, 0.2) is 5.13 Å². The summed E-state index contributed by atoms with van der Waals surface area (Å²) in [5.41, 5.74) is 1.21. The van der Waals surface area contributed by atoms with E-state index in [9.17, 15) is 13.2 Å². The summed E-state index contributed by atoms with van der Waals surface area (Å²) in [6.07, 6.45) is 1.73. The second-order valence-corrected chi connectivity index (χ2v) is 9.22. The van der Waals surface area contributed by atoms with Crippen molar-refractivity contribution in [1.29, 1.82) is 0 Å². The zero-order chi connectivity index (χ0) is 19.4. The minimum atomic E-state index is -3.54. The number of aromatic nitrogens is 1. The number of amides is 1. The molecular formula is C19H21N3O3S2. The molecule has 0 atom stereocenters. The van der Waals surface area contributed by atoms with Crippen molar-refractivity contribution in [3.8, 4) is 0 Å². The van der Waals surface area contributed by atoms with E-state index in [0.29, 0.717) is 17.2 Å². The molecule has 0 saturated carbocycles. The maximum atomic E-state index is 12.5. The fraction of sp³-hybridized carbons (Fsp3) is 0.263. The summed E-state index contributed by atoms with van der Waals surface area (Å²) in [5.74, 6) is -0.322. The fourth-order valence-electron chi connectivity index (χ4n) is 2.55. The molecule has 0 radical (unpaired) electrons. The summed E-state index contributed by atoms with van der Waals surface area (Å²) in [4.78, 5) is 17.0. The lowest BCUT2D eigenvalue weighted by molar-refractivity contribution is 0.102. The van der Waals surface area contributed by atoms with Crippen LogP contribution in [0.4, 0.5) is 5.13 Å². The molecule has 0 aliphatic rings. The first-order valence-electron chi connectivity index (χ1n) is 8.65. The van der Waals surface area contributed by atoms with E-state index in [4.69, 9.17) is 0 Å². The van der Waals surface area contributed by atoms with Gasteiger partial charge < -0.3 is 0 Å². The van der Waals surface area contributed by atoms with Gasteiger partial charge in [-0.2, -0.15) is 0 Å². The molecule has 6 nitrogen and oxygen atoms in total. The van der Waals surface area contributed by atoms with Gasteiger partial charge in [-0.25, -0.2) is 17.7 Å². The first kappa shape index (κ1) is 19.5. The van der Waals surface area contributed by atoms with Crippen molar-refractivity contribution >= 4 is 42.6 Å².